The van der Waals surface area contributed by atoms with Crippen molar-refractivity contribution >= 4 is 23.3 Å². The molecule has 3 fully saturated rings. The number of methoxy groups -OCH3 is 1. The smallest absolute Gasteiger partial charge is 0.321 e. The van der Waals surface area contributed by atoms with E-state index in [1.54, 1.807) is 0 Å². The van der Waals surface area contributed by atoms with Gasteiger partial charge < -0.3 is 9.47 Å². The summed E-state index contributed by atoms with van der Waals surface area (Å²) < 4.78 is 10.9. The van der Waals surface area contributed by atoms with Crippen molar-refractivity contribution < 1.29 is 19.1 Å². The molecule has 1 saturated carbocycles. The second kappa shape index (κ2) is 6.26. The van der Waals surface area contributed by atoms with Gasteiger partial charge in [0, 0.05) is 25.4 Å². The molecule has 4 aliphatic rings. The first-order chi connectivity index (χ1) is 14.0. The van der Waals surface area contributed by atoms with E-state index in [0.717, 1.165) is 37.3 Å². The van der Waals surface area contributed by atoms with Gasteiger partial charge in [-0.05, 0) is 37.9 Å². The average molecular weight is 394 g/mol. The third-order valence-corrected chi connectivity index (χ3v) is 7.49. The van der Waals surface area contributed by atoms with E-state index in [2.05, 4.69) is 24.0 Å². The number of allylic oxidation sites excluding steroid dienone is 1. The van der Waals surface area contributed by atoms with Gasteiger partial charge in [0.05, 0.1) is 23.9 Å². The van der Waals surface area contributed by atoms with E-state index in [9.17, 15) is 9.59 Å². The molecular weight excluding hydrogens is 368 g/mol. The lowest BCUT2D eigenvalue weighted by Gasteiger charge is -2.56. The summed E-state index contributed by atoms with van der Waals surface area (Å²) in [4.78, 5) is 32.9. The van der Waals surface area contributed by atoms with Gasteiger partial charge in [-0.15, -0.1) is 0 Å². The summed E-state index contributed by atoms with van der Waals surface area (Å²) in [6.07, 6.45) is 3.88. The van der Waals surface area contributed by atoms with Gasteiger partial charge in [0.15, 0.2) is 0 Å². The molecule has 6 heteroatoms. The number of carbonyl (C=O) groups excluding carboxylic acids is 2. The van der Waals surface area contributed by atoms with Gasteiger partial charge in [0.1, 0.15) is 12.0 Å². The van der Waals surface area contributed by atoms with Crippen LogP contribution in [0.3, 0.4) is 0 Å². The molecule has 152 valence electrons. The fourth-order valence-corrected chi connectivity index (χ4v) is 6.53. The summed E-state index contributed by atoms with van der Waals surface area (Å²) in [5, 5.41) is 0. The van der Waals surface area contributed by atoms with E-state index in [1.165, 1.54) is 25.2 Å². The van der Waals surface area contributed by atoms with Crippen molar-refractivity contribution in [1.82, 2.24) is 4.90 Å². The number of hydrogen-bond acceptors (Lipinski definition) is 6. The number of hydrogen-bond donors (Lipinski definition) is 0. The van der Waals surface area contributed by atoms with Crippen LogP contribution in [0.2, 0.25) is 0 Å². The van der Waals surface area contributed by atoms with E-state index >= 15 is 0 Å². The van der Waals surface area contributed by atoms with Gasteiger partial charge in [-0.3, -0.25) is 19.5 Å². The molecule has 0 aromatic heterocycles. The molecule has 0 N–H and O–H groups in total. The molecule has 1 aliphatic carbocycles. The number of esters is 2. The predicted molar refractivity (Wildman–Crippen MR) is 108 cm³/mol. The fraction of sp³-hybridized carbons (Fsp3) is 0.522. The Morgan fingerprint density at radius 3 is 2.83 bits per heavy atom. The Morgan fingerprint density at radius 1 is 1.31 bits per heavy atom. The second-order valence-corrected chi connectivity index (χ2v) is 8.51. The van der Waals surface area contributed by atoms with E-state index in [0.29, 0.717) is 0 Å². The fourth-order valence-electron chi connectivity index (χ4n) is 6.53. The van der Waals surface area contributed by atoms with Crippen LogP contribution in [-0.4, -0.2) is 55.4 Å². The minimum atomic E-state index is -1.09. The quantitative estimate of drug-likeness (QED) is 0.583. The van der Waals surface area contributed by atoms with Crippen LogP contribution in [0.25, 0.3) is 0 Å². The highest BCUT2D eigenvalue weighted by atomic mass is 16.5. The third-order valence-electron chi connectivity index (χ3n) is 7.49. The average Bonchev–Trinajstić information content (AvgIpc) is 3.29. The van der Waals surface area contributed by atoms with Crippen LogP contribution in [0.5, 0.6) is 0 Å². The molecule has 2 bridgehead atoms. The highest BCUT2D eigenvalue weighted by molar-refractivity contribution is 6.18. The van der Waals surface area contributed by atoms with Crippen molar-refractivity contribution in [2.45, 2.75) is 38.1 Å². The Balaban J connectivity index is 1.82. The monoisotopic (exact) mass is 394 g/mol. The van der Waals surface area contributed by atoms with Gasteiger partial charge in [0.2, 0.25) is 0 Å². The molecule has 2 saturated heterocycles. The number of fused-ring (bicyclic) bond motifs is 2. The molecule has 1 spiro atoms. The summed E-state index contributed by atoms with van der Waals surface area (Å²) in [6, 6.07) is 8.39. The van der Waals surface area contributed by atoms with E-state index in [4.69, 9.17) is 14.5 Å². The zero-order valence-electron chi connectivity index (χ0n) is 17.1. The number of rotatable bonds is 3. The van der Waals surface area contributed by atoms with Crippen LogP contribution < -0.4 is 0 Å². The van der Waals surface area contributed by atoms with Crippen molar-refractivity contribution in [2.24, 2.45) is 16.3 Å². The summed E-state index contributed by atoms with van der Waals surface area (Å²) in [6.45, 7) is 5.29. The SMILES string of the molecule is C/C=C1\[C@@H]2CCN3CC[C@@]4(C(=Nc5ccccc54)[C@@]2(COC(C)=O)C(=O)OC)[C@@H]13. The number of carbonyl (C=O) groups is 2. The number of piperidine rings is 1. The van der Waals surface area contributed by atoms with Crippen molar-refractivity contribution in [2.75, 3.05) is 26.8 Å². The standard InChI is InChI=1S/C23H26N2O4/c1-4-15-16-9-11-25-12-10-22(19(15)25)17-7-5-6-8-18(17)24-20(22)23(16,21(27)28-3)13-29-14(2)26/h4-8,16,19H,9-13H2,1-3H3/b15-4+/t16-,19+,22-,23-/m0/s1. The number of nitrogens with zero attached hydrogens (tertiary/aromatic N) is 2. The minimum Gasteiger partial charge on any atom is -0.468 e. The zero-order chi connectivity index (χ0) is 20.4. The van der Waals surface area contributed by atoms with Crippen molar-refractivity contribution in [1.29, 1.82) is 0 Å². The lowest BCUT2D eigenvalue weighted by molar-refractivity contribution is -0.160. The van der Waals surface area contributed by atoms with E-state index < -0.39 is 11.4 Å². The molecule has 5 rings (SSSR count). The maximum Gasteiger partial charge on any atom is 0.321 e. The Hall–Kier alpha value is -2.47. The van der Waals surface area contributed by atoms with Crippen LogP contribution in [-0.2, 0) is 24.5 Å². The molecule has 29 heavy (non-hydrogen) atoms. The van der Waals surface area contributed by atoms with Gasteiger partial charge in [-0.2, -0.15) is 0 Å². The largest absolute Gasteiger partial charge is 0.468 e. The maximum atomic E-state index is 13.5. The molecule has 4 atom stereocenters. The number of aliphatic imine (C=N–C) groups is 1. The first-order valence-corrected chi connectivity index (χ1v) is 10.3. The molecule has 0 radical (unpaired) electrons. The van der Waals surface area contributed by atoms with Gasteiger partial charge in [-0.1, -0.05) is 29.8 Å². The lowest BCUT2D eigenvalue weighted by atomic mass is 9.49. The van der Waals surface area contributed by atoms with Crippen LogP contribution in [0.4, 0.5) is 5.69 Å². The molecule has 1 aromatic carbocycles. The third kappa shape index (κ3) is 2.13. The van der Waals surface area contributed by atoms with Crippen LogP contribution in [0.1, 0.15) is 32.3 Å². The zero-order valence-corrected chi connectivity index (χ0v) is 17.1. The normalized spacial score (nSPS) is 35.7. The predicted octanol–water partition coefficient (Wildman–Crippen LogP) is 2.79. The Bertz CT molecular complexity index is 967. The summed E-state index contributed by atoms with van der Waals surface area (Å²) in [5.41, 5.74) is 2.73. The Labute approximate surface area is 170 Å². The molecule has 3 aliphatic heterocycles. The summed E-state index contributed by atoms with van der Waals surface area (Å²) in [7, 11) is 1.42. The molecular formula is C23H26N2O4. The summed E-state index contributed by atoms with van der Waals surface area (Å²) >= 11 is 0. The maximum absolute atomic E-state index is 13.5. The topological polar surface area (TPSA) is 68.2 Å². The highest BCUT2D eigenvalue weighted by Gasteiger charge is 2.72. The van der Waals surface area contributed by atoms with Crippen molar-refractivity contribution in [3.8, 4) is 0 Å². The van der Waals surface area contributed by atoms with E-state index in [1.807, 2.05) is 18.2 Å². The van der Waals surface area contributed by atoms with Gasteiger partial charge >= 0.3 is 11.9 Å². The molecule has 0 amide bonds. The first-order valence-electron chi connectivity index (χ1n) is 10.3. The number of benzene rings is 1. The first kappa shape index (κ1) is 18.6. The lowest BCUT2D eigenvalue weighted by Crippen LogP contribution is -2.68. The number of para-hydroxylation sites is 1. The Morgan fingerprint density at radius 2 is 2.10 bits per heavy atom. The molecule has 1 aromatic rings. The molecule has 6 nitrogen and oxygen atoms in total. The molecule has 3 heterocycles. The van der Waals surface area contributed by atoms with Crippen LogP contribution in [0, 0.1) is 11.3 Å². The van der Waals surface area contributed by atoms with Crippen molar-refractivity contribution in [3.63, 3.8) is 0 Å². The second-order valence-electron chi connectivity index (χ2n) is 8.51. The highest BCUT2D eigenvalue weighted by Crippen LogP contribution is 2.64. The Kier molecular flexibility index (Phi) is 4.01. The molecule has 0 unspecified atom stereocenters. The van der Waals surface area contributed by atoms with Crippen LogP contribution in [0.15, 0.2) is 40.9 Å². The minimum absolute atomic E-state index is 0.0295. The number of ether oxygens (including phenoxy) is 2. The van der Waals surface area contributed by atoms with Crippen molar-refractivity contribution in [3.05, 3.63) is 41.5 Å². The summed E-state index contributed by atoms with van der Waals surface area (Å²) in [5.74, 6) is -0.834. The van der Waals surface area contributed by atoms with Gasteiger partial charge in [0.25, 0.3) is 0 Å². The van der Waals surface area contributed by atoms with Crippen LogP contribution >= 0.6 is 0 Å². The van der Waals surface area contributed by atoms with E-state index in [-0.39, 0.29) is 30.0 Å². The van der Waals surface area contributed by atoms with Gasteiger partial charge in [-0.25, -0.2) is 0 Å².